The number of carbonyl (C=O) groups is 9. The van der Waals surface area contributed by atoms with Crippen molar-refractivity contribution in [2.45, 2.75) is 74.5 Å². The van der Waals surface area contributed by atoms with Crippen molar-refractivity contribution < 1.29 is 116 Å². The molecule has 116 heavy (non-hydrogen) atoms. The van der Waals surface area contributed by atoms with Crippen molar-refractivity contribution in [2.24, 2.45) is 0 Å². The van der Waals surface area contributed by atoms with Crippen molar-refractivity contribution in [3.63, 3.8) is 0 Å². The lowest BCUT2D eigenvalue weighted by Gasteiger charge is -2.21. The van der Waals surface area contributed by atoms with Crippen LogP contribution < -0.4 is 22.0 Å². The number of phenolic OH excluding ortho intramolecular Hbond substituents is 8. The van der Waals surface area contributed by atoms with Gasteiger partial charge in [0.2, 0.25) is 0 Å². The number of phenols is 8. The number of carbonyl (C=O) groups excluding carboxylic acids is 9. The van der Waals surface area contributed by atoms with Crippen LogP contribution in [0.3, 0.4) is 0 Å². The fourth-order valence-electron chi connectivity index (χ4n) is 10.1. The maximum absolute atomic E-state index is 10.7. The van der Waals surface area contributed by atoms with Crippen LogP contribution >= 0.6 is 27.5 Å². The molecule has 0 unspecified atom stereocenters. The van der Waals surface area contributed by atoms with E-state index in [1.165, 1.54) is 60.3 Å². The van der Waals surface area contributed by atoms with Crippen molar-refractivity contribution in [1.29, 1.82) is 0 Å². The van der Waals surface area contributed by atoms with Gasteiger partial charge in [-0.05, 0) is 198 Å². The van der Waals surface area contributed by atoms with E-state index in [0.29, 0.717) is 101 Å². The number of H-pyrrole nitrogens is 1. The number of aliphatic hydroxyl groups excluding tert-OH is 1. The molecule has 27 nitrogen and oxygen atoms in total. The van der Waals surface area contributed by atoms with E-state index in [1.54, 1.807) is 56.3 Å². The summed E-state index contributed by atoms with van der Waals surface area (Å²) in [5.41, 5.74) is 9.97. The third-order valence-corrected chi connectivity index (χ3v) is 17.3. The van der Waals surface area contributed by atoms with Crippen LogP contribution in [-0.2, 0) is 19.6 Å². The van der Waals surface area contributed by atoms with Gasteiger partial charge in [0.1, 0.15) is 52.6 Å². The molecule has 30 heteroatoms. The van der Waals surface area contributed by atoms with E-state index in [2.05, 4.69) is 49.8 Å². The molecule has 0 spiro atoms. The van der Waals surface area contributed by atoms with Crippen molar-refractivity contribution in [1.82, 2.24) is 14.9 Å². The Labute approximate surface area is 688 Å². The number of anilines is 1. The highest BCUT2D eigenvalue weighted by Crippen LogP contribution is 2.33. The second-order valence-corrected chi connectivity index (χ2v) is 26.0. The van der Waals surface area contributed by atoms with Crippen LogP contribution in [0.5, 0.6) is 57.5 Å². The highest BCUT2D eigenvalue weighted by atomic mass is 79.9. The summed E-state index contributed by atoms with van der Waals surface area (Å²) in [4.78, 5) is 115. The first-order chi connectivity index (χ1) is 54.8. The Kier molecular flexibility index (Phi) is 43.9. The molecular weight excluding hydrogens is 1610 g/mol. The molecule has 0 aliphatic heterocycles. The van der Waals surface area contributed by atoms with Crippen LogP contribution in [0, 0.1) is 44.7 Å². The molecule has 11 rings (SSSR count). The summed E-state index contributed by atoms with van der Waals surface area (Å²) < 4.78 is 5.62. The number of nitro benzene ring substituents is 1. The van der Waals surface area contributed by atoms with E-state index in [1.807, 2.05) is 95.3 Å². The highest BCUT2D eigenvalue weighted by molar-refractivity contribution is 9.10. The van der Waals surface area contributed by atoms with Gasteiger partial charge in [0.25, 0.3) is 5.69 Å². The van der Waals surface area contributed by atoms with E-state index in [4.69, 9.17) is 36.8 Å². The van der Waals surface area contributed by atoms with Crippen molar-refractivity contribution >= 4 is 106 Å². The van der Waals surface area contributed by atoms with Gasteiger partial charge in [-0.2, -0.15) is 0 Å². The van der Waals surface area contributed by atoms with E-state index in [9.17, 15) is 83.9 Å². The molecule has 0 atom stereocenters. The van der Waals surface area contributed by atoms with Crippen LogP contribution in [0.25, 0.3) is 10.8 Å². The molecule has 0 bridgehead atoms. The molecule has 0 amide bonds. The number of aromatic amines is 1. The number of halogens is 3. The number of nitrogens with one attached hydrogen (secondary N) is 1. The van der Waals surface area contributed by atoms with E-state index < -0.39 is 4.92 Å². The van der Waals surface area contributed by atoms with Crippen LogP contribution in [-0.4, -0.2) is 161 Å². The molecule has 0 fully saturated rings. The monoisotopic (exact) mass is 1690 g/mol. The minimum atomic E-state index is -0.642. The average molecular weight is 1700 g/mol. The maximum atomic E-state index is 10.7. The summed E-state index contributed by atoms with van der Waals surface area (Å²) >= 11 is 8.52. The van der Waals surface area contributed by atoms with Crippen molar-refractivity contribution in [3.05, 3.63) is 285 Å². The molecule has 612 valence electrons. The summed E-state index contributed by atoms with van der Waals surface area (Å²) in [6, 6.07) is 44.5. The average Bonchev–Trinajstić information content (AvgIpc) is 1.05. The Bertz CT molecular complexity index is 5110. The normalized spacial score (nSPS) is 9.80. The molecule has 2 aromatic heterocycles. The van der Waals surface area contributed by atoms with Gasteiger partial charge >= 0.3 is 0 Å². The molecule has 9 aromatic carbocycles. The summed E-state index contributed by atoms with van der Waals surface area (Å²) in [5.74, 6) is -0.482. The molecule has 0 saturated carbocycles. The number of hydrogen-bond donors (Lipinski definition) is 11. The lowest BCUT2D eigenvalue weighted by atomic mass is 10.0. The number of hydrogen-bond acceptors (Lipinski definition) is 25. The predicted molar refractivity (Wildman–Crippen MR) is 441 cm³/mol. The van der Waals surface area contributed by atoms with E-state index in [0.717, 1.165) is 95.4 Å². The number of para-hydroxylation sites is 1. The zero-order valence-electron chi connectivity index (χ0n) is 64.6. The Morgan fingerprint density at radius 1 is 0.543 bits per heavy atom. The quantitative estimate of drug-likeness (QED) is 0.0138. The lowest BCUT2D eigenvalue weighted by molar-refractivity contribution is -0.385. The SMILES string of the molecule is CCN(CC)c1ccc(C=O)c(O)c1.Cc1[nH]c(C=O)c(C)c1CCCN(C)C.Cc1cc(Cl)cc(C=O)c1O.Cc1ccc(O)c(C=O)c1.Cc1ncc(CO)c(C=O)c1O.O=Cc1c(O)ccc2ccccc12.O=Cc1cc([N+](=O)[O-])cc(Br)c1O.O=Cc1ccc(OCc2ccccc2)cc1O.O=Cc1cccc(O)c1O.[Cl-]. The van der Waals surface area contributed by atoms with Crippen LogP contribution in [0.1, 0.15) is 158 Å². The highest BCUT2D eigenvalue weighted by Gasteiger charge is 2.16. The second-order valence-electron chi connectivity index (χ2n) is 24.7. The van der Waals surface area contributed by atoms with Gasteiger partial charge in [0.05, 0.1) is 71.9 Å². The molecule has 0 aliphatic carbocycles. The number of aromatic hydroxyl groups is 9. The predicted octanol–water partition coefficient (Wildman–Crippen LogP) is 13.0. The maximum Gasteiger partial charge on any atom is 0.271 e. The van der Waals surface area contributed by atoms with Gasteiger partial charge in [-0.15, -0.1) is 0 Å². The fraction of sp³-hybridized carbons (Fsp3) is 0.186. The zero-order valence-corrected chi connectivity index (χ0v) is 67.7. The number of nitro groups is 1. The number of fused-ring (bicyclic) bond motifs is 1. The molecule has 0 aliphatic rings. The first kappa shape index (κ1) is 99.0. The number of aldehydes is 9. The molecule has 0 saturated heterocycles. The number of aryl methyl sites for hydroxylation is 4. The Hall–Kier alpha value is -13.1. The molecule has 0 radical (unpaired) electrons. The smallest absolute Gasteiger partial charge is 0.271 e. The number of aromatic nitrogens is 2. The van der Waals surface area contributed by atoms with Gasteiger partial charge in [0.15, 0.2) is 68.1 Å². The molecule has 11 N–H and O–H groups in total. The van der Waals surface area contributed by atoms with Gasteiger partial charge in [0, 0.05) is 65.5 Å². The molecule has 2 heterocycles. The first-order valence-electron chi connectivity index (χ1n) is 34.7. The number of nitrogens with zero attached hydrogens (tertiary/aromatic N) is 4. The van der Waals surface area contributed by atoms with Crippen LogP contribution in [0.4, 0.5) is 11.4 Å². The number of rotatable bonds is 21. The minimum absolute atomic E-state index is 0. The number of ether oxygens (including phenoxy) is 1. The third-order valence-electron chi connectivity index (χ3n) is 16.5. The van der Waals surface area contributed by atoms with Gasteiger partial charge in [-0.1, -0.05) is 90.0 Å². The number of non-ortho nitro benzene ring substituents is 1. The Morgan fingerprint density at radius 2 is 1.12 bits per heavy atom. The van der Waals surface area contributed by atoms with Gasteiger partial charge in [-0.25, -0.2) is 0 Å². The largest absolute Gasteiger partial charge is 1.00 e. The van der Waals surface area contributed by atoms with E-state index >= 15 is 0 Å². The second kappa shape index (κ2) is 51.5. The molecular formula is C86H89BrCl2N5O22-. The summed E-state index contributed by atoms with van der Waals surface area (Å²) in [6.45, 7) is 16.3. The first-order valence-corrected chi connectivity index (χ1v) is 35.9. The Balaban J connectivity index is 0.000000444. The third kappa shape index (κ3) is 31.1. The summed E-state index contributed by atoms with van der Waals surface area (Å²) in [6.07, 6.45) is 8.95. The number of pyridine rings is 1. The fourth-order valence-corrected chi connectivity index (χ4v) is 10.9. The topological polar surface area (TPSA) is 443 Å². The zero-order chi connectivity index (χ0) is 86.0. The van der Waals surface area contributed by atoms with Crippen LogP contribution in [0.15, 0.2) is 174 Å². The standard InChI is InChI=1S/C14H12O3.C12H20N2O.C11H15NO2.C11H8O2.C8H7ClO2.C8H9NO3.C8H8O2.C7H4BrNO4.C7H6O3.ClH/c15-9-12-6-7-13(8-14(12)16)17-10-11-4-2-1-3-5-11;1-9-11(6-5-7-14(3)4)10(2)13-12(9)8-15;1-3-12(4-2)10-6-5-9(8-13)11(14)7-10;12-7-10-9-4-2-1-3-8(9)5-6-11(10)13;1-5-2-7(9)3-6(4-10)8(5)11;1-5-8(12)7(4-11)6(3-10)2-9-5;1-6-2-3-8(10)7(4-6)5-9;8-6-2-5(9(12)13)1-4(3-10)7(6)11;8-4-5-2-1-3-6(9)7(5)10;/h1-9,16H,10H2;8,13H,5-7H2,1-4H3;5-8,14H,3-4H2,1-2H3;1-7,13H;2-4,11H,1H3;2,4,10,12H,3H2,1H3;2-5,10H,1H3;1-3,11H;1-4,9-10H;1H/p-1. The lowest BCUT2D eigenvalue weighted by Crippen LogP contribution is -3.00. The van der Waals surface area contributed by atoms with Gasteiger partial charge in [-0.3, -0.25) is 58.2 Å². The minimum Gasteiger partial charge on any atom is -1.00 e. The van der Waals surface area contributed by atoms with E-state index in [-0.39, 0.29) is 109 Å². The summed E-state index contributed by atoms with van der Waals surface area (Å²) in [5, 5.41) is 104. The number of aliphatic hydroxyl groups is 1. The van der Waals surface area contributed by atoms with Crippen molar-refractivity contribution in [3.8, 4) is 57.5 Å². The van der Waals surface area contributed by atoms with Gasteiger partial charge < -0.3 is 83.0 Å². The summed E-state index contributed by atoms with van der Waals surface area (Å²) in [7, 11) is 4.15. The molecule has 11 aromatic rings. The number of benzene rings is 9. The van der Waals surface area contributed by atoms with Crippen molar-refractivity contribution in [2.75, 3.05) is 38.6 Å². The Morgan fingerprint density at radius 3 is 1.65 bits per heavy atom. The van der Waals surface area contributed by atoms with Crippen LogP contribution in [0.2, 0.25) is 5.02 Å².